The van der Waals surface area contributed by atoms with Crippen LogP contribution < -0.4 is 0 Å². The third-order valence-electron chi connectivity index (χ3n) is 4.05. The monoisotopic (exact) mass is 296 g/mol. The van der Waals surface area contributed by atoms with Crippen LogP contribution in [0, 0.1) is 11.3 Å². The molecule has 21 heavy (non-hydrogen) atoms. The van der Waals surface area contributed by atoms with Gasteiger partial charge in [0.15, 0.2) is 0 Å². The van der Waals surface area contributed by atoms with Crippen molar-refractivity contribution in [1.29, 1.82) is 0 Å². The molecule has 3 heteroatoms. The van der Waals surface area contributed by atoms with Crippen LogP contribution in [0.5, 0.6) is 0 Å². The second-order valence-electron chi connectivity index (χ2n) is 5.31. The Morgan fingerprint density at radius 1 is 0.905 bits per heavy atom. The molecule has 2 unspecified atom stereocenters. The van der Waals surface area contributed by atoms with Crippen molar-refractivity contribution >= 4 is 0 Å². The van der Waals surface area contributed by atoms with E-state index in [-0.39, 0.29) is 25.2 Å². The van der Waals surface area contributed by atoms with Gasteiger partial charge in [0.25, 0.3) is 0 Å². The molecule has 0 aliphatic carbocycles. The minimum atomic E-state index is -0.0767. The predicted octanol–water partition coefficient (Wildman–Crippen LogP) is 3.22. The van der Waals surface area contributed by atoms with Crippen LogP contribution in [0.25, 0.3) is 0 Å². The van der Waals surface area contributed by atoms with Crippen molar-refractivity contribution in [3.8, 4) is 0 Å². The normalized spacial score (nSPS) is 17.0. The molecule has 3 nitrogen and oxygen atoms in total. The van der Waals surface area contributed by atoms with Crippen LogP contribution in [0.3, 0.4) is 0 Å². The van der Waals surface area contributed by atoms with Crippen LogP contribution in [0.15, 0.2) is 36.5 Å². The minimum Gasteiger partial charge on any atom is -0.396 e. The summed E-state index contributed by atoms with van der Waals surface area (Å²) in [7, 11) is 0. The molecule has 0 radical (unpaired) electrons. The highest BCUT2D eigenvalue weighted by Gasteiger charge is 2.30. The Morgan fingerprint density at radius 2 is 1.57 bits per heavy atom. The SMILES string of the molecule is CCC(CC=CCO)C(C=CCO)(C=CCCCO)CC. The molecule has 0 saturated carbocycles. The van der Waals surface area contributed by atoms with Crippen LogP contribution in [0.4, 0.5) is 0 Å². The Hall–Kier alpha value is -0.900. The third-order valence-corrected chi connectivity index (χ3v) is 4.05. The van der Waals surface area contributed by atoms with E-state index in [0.29, 0.717) is 5.92 Å². The number of aliphatic hydroxyl groups excluding tert-OH is 3. The van der Waals surface area contributed by atoms with E-state index in [2.05, 4.69) is 32.1 Å². The van der Waals surface area contributed by atoms with E-state index in [1.54, 1.807) is 6.08 Å². The van der Waals surface area contributed by atoms with Crippen molar-refractivity contribution in [2.75, 3.05) is 19.8 Å². The highest BCUT2D eigenvalue weighted by molar-refractivity contribution is 5.15. The van der Waals surface area contributed by atoms with Gasteiger partial charge in [0.2, 0.25) is 0 Å². The van der Waals surface area contributed by atoms with Gasteiger partial charge in [0.1, 0.15) is 0 Å². The first kappa shape index (κ1) is 20.1. The molecular weight excluding hydrogens is 264 g/mol. The maximum Gasteiger partial charge on any atom is 0.0612 e. The highest BCUT2D eigenvalue weighted by Crippen LogP contribution is 2.39. The molecule has 0 spiro atoms. The highest BCUT2D eigenvalue weighted by atomic mass is 16.3. The maximum absolute atomic E-state index is 9.11. The van der Waals surface area contributed by atoms with E-state index in [1.807, 2.05) is 12.2 Å². The van der Waals surface area contributed by atoms with Gasteiger partial charge in [0, 0.05) is 12.0 Å². The minimum absolute atomic E-state index is 0.0507. The number of rotatable bonds is 12. The quantitative estimate of drug-likeness (QED) is 0.383. The molecule has 0 aliphatic heterocycles. The molecule has 0 heterocycles. The zero-order chi connectivity index (χ0) is 16.0. The first-order valence-electron chi connectivity index (χ1n) is 8.03. The fraction of sp³-hybridized carbons (Fsp3) is 0.667. The van der Waals surface area contributed by atoms with Crippen molar-refractivity contribution < 1.29 is 15.3 Å². The van der Waals surface area contributed by atoms with Crippen molar-refractivity contribution in [2.45, 2.75) is 46.0 Å². The number of unbranched alkanes of at least 4 members (excludes halogenated alkanes) is 1. The Balaban J connectivity index is 5.16. The molecular formula is C18H32O3. The van der Waals surface area contributed by atoms with Crippen LogP contribution in [-0.4, -0.2) is 35.1 Å². The molecule has 0 aromatic carbocycles. The van der Waals surface area contributed by atoms with Crippen LogP contribution >= 0.6 is 0 Å². The Morgan fingerprint density at radius 3 is 2.10 bits per heavy atom. The second-order valence-corrected chi connectivity index (χ2v) is 5.31. The van der Waals surface area contributed by atoms with Crippen molar-refractivity contribution in [2.24, 2.45) is 11.3 Å². The van der Waals surface area contributed by atoms with Crippen molar-refractivity contribution in [3.05, 3.63) is 36.5 Å². The molecule has 3 N–H and O–H groups in total. The van der Waals surface area contributed by atoms with Gasteiger partial charge >= 0.3 is 0 Å². The molecule has 0 aromatic rings. The lowest BCUT2D eigenvalue weighted by Gasteiger charge is -2.35. The van der Waals surface area contributed by atoms with Gasteiger partial charge in [-0.2, -0.15) is 0 Å². The molecule has 0 saturated heterocycles. The molecule has 2 atom stereocenters. The first-order valence-corrected chi connectivity index (χ1v) is 8.03. The van der Waals surface area contributed by atoms with Crippen LogP contribution in [-0.2, 0) is 0 Å². The van der Waals surface area contributed by atoms with Gasteiger partial charge in [-0.15, -0.1) is 0 Å². The lowest BCUT2D eigenvalue weighted by atomic mass is 9.70. The van der Waals surface area contributed by atoms with Crippen LogP contribution in [0.1, 0.15) is 46.0 Å². The molecule has 0 bridgehead atoms. The Labute approximate surface area is 129 Å². The van der Waals surface area contributed by atoms with Crippen LogP contribution in [0.2, 0.25) is 0 Å². The summed E-state index contributed by atoms with van der Waals surface area (Å²) in [6, 6.07) is 0. The number of allylic oxidation sites excluding steroid dienone is 4. The Kier molecular flexibility index (Phi) is 12.3. The first-order chi connectivity index (χ1) is 10.2. The number of aliphatic hydroxyl groups is 3. The van der Waals surface area contributed by atoms with Gasteiger partial charge in [-0.3, -0.25) is 0 Å². The zero-order valence-corrected chi connectivity index (χ0v) is 13.5. The van der Waals surface area contributed by atoms with Crippen molar-refractivity contribution in [3.63, 3.8) is 0 Å². The smallest absolute Gasteiger partial charge is 0.0612 e. The summed E-state index contributed by atoms with van der Waals surface area (Å²) in [6.07, 6.45) is 16.7. The summed E-state index contributed by atoms with van der Waals surface area (Å²) in [4.78, 5) is 0. The summed E-state index contributed by atoms with van der Waals surface area (Å²) in [5, 5.41) is 26.9. The summed E-state index contributed by atoms with van der Waals surface area (Å²) in [6.45, 7) is 4.68. The summed E-state index contributed by atoms with van der Waals surface area (Å²) < 4.78 is 0. The average molecular weight is 296 g/mol. The Bertz CT molecular complexity index is 320. The van der Waals surface area contributed by atoms with Gasteiger partial charge in [-0.1, -0.05) is 56.7 Å². The number of hydrogen-bond acceptors (Lipinski definition) is 3. The fourth-order valence-electron chi connectivity index (χ4n) is 2.74. The van der Waals surface area contributed by atoms with E-state index in [9.17, 15) is 0 Å². The molecule has 0 rings (SSSR count). The third kappa shape index (κ3) is 7.60. The van der Waals surface area contributed by atoms with Crippen molar-refractivity contribution in [1.82, 2.24) is 0 Å². The van der Waals surface area contributed by atoms with E-state index >= 15 is 0 Å². The van der Waals surface area contributed by atoms with Gasteiger partial charge in [-0.05, 0) is 31.6 Å². The topological polar surface area (TPSA) is 60.7 Å². The predicted molar refractivity (Wildman–Crippen MR) is 89.0 cm³/mol. The van der Waals surface area contributed by atoms with E-state index in [1.165, 1.54) is 0 Å². The second kappa shape index (κ2) is 12.8. The lowest BCUT2D eigenvalue weighted by molar-refractivity contribution is 0.272. The average Bonchev–Trinajstić information content (AvgIpc) is 2.52. The standard InChI is InChI=1S/C18H32O3/c1-3-17(11-6-9-15-20)18(4-2,13-10-16-21)12-7-5-8-14-19/h6-7,9-10,12-13,17,19-21H,3-5,8,11,14-16H2,1-2H3. The van der Waals surface area contributed by atoms with Gasteiger partial charge in [-0.25, -0.2) is 0 Å². The fourth-order valence-corrected chi connectivity index (χ4v) is 2.74. The zero-order valence-electron chi connectivity index (χ0n) is 13.5. The number of hydrogen-bond donors (Lipinski definition) is 3. The van der Waals surface area contributed by atoms with Gasteiger partial charge < -0.3 is 15.3 Å². The summed E-state index contributed by atoms with van der Waals surface area (Å²) in [5.74, 6) is 0.429. The summed E-state index contributed by atoms with van der Waals surface area (Å²) in [5.41, 5.74) is -0.0767. The van der Waals surface area contributed by atoms with Gasteiger partial charge in [0.05, 0.1) is 13.2 Å². The maximum atomic E-state index is 9.11. The molecule has 0 aliphatic rings. The molecule has 0 amide bonds. The van der Waals surface area contributed by atoms with E-state index < -0.39 is 0 Å². The lowest BCUT2D eigenvalue weighted by Crippen LogP contribution is -2.25. The molecule has 0 fully saturated rings. The molecule has 122 valence electrons. The molecule has 0 aromatic heterocycles. The van der Waals surface area contributed by atoms with E-state index in [0.717, 1.165) is 32.1 Å². The summed E-state index contributed by atoms with van der Waals surface area (Å²) >= 11 is 0. The largest absolute Gasteiger partial charge is 0.396 e. The van der Waals surface area contributed by atoms with E-state index in [4.69, 9.17) is 15.3 Å².